The summed E-state index contributed by atoms with van der Waals surface area (Å²) in [7, 11) is -3.92. The Bertz CT molecular complexity index is 1100. The van der Waals surface area contributed by atoms with Crippen molar-refractivity contribution in [2.75, 3.05) is 18.4 Å². The summed E-state index contributed by atoms with van der Waals surface area (Å²) in [5, 5.41) is 13.9. The van der Waals surface area contributed by atoms with Crippen LogP contribution in [-0.4, -0.2) is 36.6 Å². The highest BCUT2D eigenvalue weighted by atomic mass is 35.5. The molecule has 1 amide bonds. The van der Waals surface area contributed by atoms with Crippen molar-refractivity contribution in [2.45, 2.75) is 37.5 Å². The first-order chi connectivity index (χ1) is 14.6. The molecule has 0 bridgehead atoms. The summed E-state index contributed by atoms with van der Waals surface area (Å²) < 4.78 is 27.1. The molecule has 0 aliphatic carbocycles. The second kappa shape index (κ2) is 9.33. The number of nitrogens with zero attached hydrogens (tertiary/aromatic N) is 2. The molecule has 2 aromatic rings. The van der Waals surface area contributed by atoms with Crippen LogP contribution in [0.3, 0.4) is 0 Å². The number of anilines is 1. The number of amides is 1. The van der Waals surface area contributed by atoms with Gasteiger partial charge in [0.05, 0.1) is 9.82 Å². The number of piperidine rings is 1. The van der Waals surface area contributed by atoms with Crippen LogP contribution < -0.4 is 5.32 Å². The van der Waals surface area contributed by atoms with E-state index in [-0.39, 0.29) is 34.8 Å². The first kappa shape index (κ1) is 23.2. The van der Waals surface area contributed by atoms with Crippen molar-refractivity contribution in [3.8, 4) is 0 Å². The number of nitro benzene ring substituents is 1. The molecule has 1 fully saturated rings. The third kappa shape index (κ3) is 5.23. The van der Waals surface area contributed by atoms with Gasteiger partial charge in [-0.25, -0.2) is 8.42 Å². The largest absolute Gasteiger partial charge is 0.326 e. The van der Waals surface area contributed by atoms with Crippen LogP contribution in [0.5, 0.6) is 0 Å². The SMILES string of the molecule is CC(C)c1cccc(NC(=O)C2CCN(S(=O)(=O)c3ccc(Cl)c([N+](=O)[O-])c3)CC2)c1. The number of halogens is 1. The summed E-state index contributed by atoms with van der Waals surface area (Å²) in [6.45, 7) is 4.46. The van der Waals surface area contributed by atoms with Crippen LogP contribution in [0.2, 0.25) is 5.02 Å². The summed E-state index contributed by atoms with van der Waals surface area (Å²) in [5.41, 5.74) is 1.39. The molecule has 0 aromatic heterocycles. The minimum atomic E-state index is -3.92. The van der Waals surface area contributed by atoms with Crippen molar-refractivity contribution in [3.05, 3.63) is 63.2 Å². The Morgan fingerprint density at radius 1 is 1.19 bits per heavy atom. The van der Waals surface area contributed by atoms with Crippen molar-refractivity contribution in [3.63, 3.8) is 0 Å². The van der Waals surface area contributed by atoms with Gasteiger partial charge in [0.15, 0.2) is 0 Å². The maximum Gasteiger partial charge on any atom is 0.289 e. The van der Waals surface area contributed by atoms with Gasteiger partial charge in [-0.3, -0.25) is 14.9 Å². The molecule has 0 saturated carbocycles. The number of sulfonamides is 1. The number of carbonyl (C=O) groups is 1. The molecule has 0 radical (unpaired) electrons. The van der Waals surface area contributed by atoms with Gasteiger partial charge in [0.1, 0.15) is 5.02 Å². The van der Waals surface area contributed by atoms with Gasteiger partial charge in [-0.1, -0.05) is 37.6 Å². The Morgan fingerprint density at radius 3 is 2.48 bits per heavy atom. The number of hydrogen-bond donors (Lipinski definition) is 1. The van der Waals surface area contributed by atoms with Crippen LogP contribution >= 0.6 is 11.6 Å². The molecule has 1 N–H and O–H groups in total. The molecule has 1 aliphatic rings. The average Bonchev–Trinajstić information content (AvgIpc) is 2.74. The van der Waals surface area contributed by atoms with Gasteiger partial charge in [0, 0.05) is 30.8 Å². The fourth-order valence-corrected chi connectivity index (χ4v) is 5.20. The molecule has 1 heterocycles. The van der Waals surface area contributed by atoms with Crippen molar-refractivity contribution >= 4 is 38.9 Å². The standard InChI is InChI=1S/C21H24ClN3O5S/c1-14(2)16-4-3-5-17(12-16)23-21(26)15-8-10-24(11-9-15)31(29,30)18-6-7-19(22)20(13-18)25(27)28/h3-7,12-15H,8-11H2,1-2H3,(H,23,26). The van der Waals surface area contributed by atoms with Gasteiger partial charge in [-0.05, 0) is 48.6 Å². The lowest BCUT2D eigenvalue weighted by Crippen LogP contribution is -2.41. The number of carbonyl (C=O) groups excluding carboxylic acids is 1. The Labute approximate surface area is 186 Å². The van der Waals surface area contributed by atoms with E-state index in [9.17, 15) is 23.3 Å². The van der Waals surface area contributed by atoms with Crippen LogP contribution in [0.1, 0.15) is 38.2 Å². The normalized spacial score (nSPS) is 15.7. The number of nitro groups is 1. The number of hydrogen-bond acceptors (Lipinski definition) is 5. The smallest absolute Gasteiger partial charge is 0.289 e. The summed E-state index contributed by atoms with van der Waals surface area (Å²) in [5.74, 6) is -0.109. The van der Waals surface area contributed by atoms with Crippen LogP contribution in [-0.2, 0) is 14.8 Å². The predicted octanol–water partition coefficient (Wildman–Crippen LogP) is 4.41. The third-order valence-electron chi connectivity index (χ3n) is 5.40. The minimum Gasteiger partial charge on any atom is -0.326 e. The highest BCUT2D eigenvalue weighted by molar-refractivity contribution is 7.89. The molecule has 2 aromatic carbocycles. The zero-order valence-corrected chi connectivity index (χ0v) is 18.8. The predicted molar refractivity (Wildman–Crippen MR) is 119 cm³/mol. The fraction of sp³-hybridized carbons (Fsp3) is 0.381. The lowest BCUT2D eigenvalue weighted by Gasteiger charge is -2.30. The van der Waals surface area contributed by atoms with E-state index in [0.717, 1.165) is 17.3 Å². The highest BCUT2D eigenvalue weighted by Crippen LogP contribution is 2.30. The van der Waals surface area contributed by atoms with Gasteiger partial charge in [0.25, 0.3) is 5.69 Å². The molecule has 10 heteroatoms. The molecule has 0 atom stereocenters. The summed E-state index contributed by atoms with van der Waals surface area (Å²) >= 11 is 5.78. The van der Waals surface area contributed by atoms with Crippen LogP contribution in [0.15, 0.2) is 47.4 Å². The minimum absolute atomic E-state index is 0.124. The fourth-order valence-electron chi connectivity index (χ4n) is 3.52. The van der Waals surface area contributed by atoms with E-state index in [2.05, 4.69) is 19.2 Å². The highest BCUT2D eigenvalue weighted by Gasteiger charge is 2.33. The molecular formula is C21H24ClN3O5S. The Morgan fingerprint density at radius 2 is 1.87 bits per heavy atom. The van der Waals surface area contributed by atoms with Crippen LogP contribution in [0, 0.1) is 16.0 Å². The van der Waals surface area contributed by atoms with Gasteiger partial charge < -0.3 is 5.32 Å². The lowest BCUT2D eigenvalue weighted by molar-refractivity contribution is -0.384. The van der Waals surface area contributed by atoms with E-state index < -0.39 is 20.6 Å². The van der Waals surface area contributed by atoms with Gasteiger partial charge in [-0.2, -0.15) is 4.31 Å². The molecule has 8 nitrogen and oxygen atoms in total. The monoisotopic (exact) mass is 465 g/mol. The van der Waals surface area contributed by atoms with Crippen LogP contribution in [0.25, 0.3) is 0 Å². The van der Waals surface area contributed by atoms with Crippen LogP contribution in [0.4, 0.5) is 11.4 Å². The van der Waals surface area contributed by atoms with E-state index in [0.29, 0.717) is 18.8 Å². The van der Waals surface area contributed by atoms with E-state index in [1.165, 1.54) is 16.4 Å². The molecule has 0 spiro atoms. The van der Waals surface area contributed by atoms with Crippen molar-refractivity contribution in [1.29, 1.82) is 0 Å². The third-order valence-corrected chi connectivity index (χ3v) is 7.61. The molecule has 31 heavy (non-hydrogen) atoms. The first-order valence-electron chi connectivity index (χ1n) is 9.94. The van der Waals surface area contributed by atoms with E-state index in [1.54, 1.807) is 0 Å². The maximum absolute atomic E-state index is 12.9. The summed E-state index contributed by atoms with van der Waals surface area (Å²) in [4.78, 5) is 22.8. The molecule has 0 unspecified atom stereocenters. The lowest BCUT2D eigenvalue weighted by atomic mass is 9.97. The molecular weight excluding hydrogens is 442 g/mol. The van der Waals surface area contributed by atoms with E-state index >= 15 is 0 Å². The van der Waals surface area contributed by atoms with Crippen molar-refractivity contribution in [1.82, 2.24) is 4.31 Å². The average molecular weight is 466 g/mol. The molecule has 1 aliphatic heterocycles. The van der Waals surface area contributed by atoms with Gasteiger partial charge >= 0.3 is 0 Å². The maximum atomic E-state index is 12.9. The summed E-state index contributed by atoms with van der Waals surface area (Å²) in [6, 6.07) is 11.1. The Balaban J connectivity index is 1.66. The van der Waals surface area contributed by atoms with E-state index in [1.807, 2.05) is 24.3 Å². The van der Waals surface area contributed by atoms with Gasteiger partial charge in [-0.15, -0.1) is 0 Å². The zero-order chi connectivity index (χ0) is 22.8. The summed E-state index contributed by atoms with van der Waals surface area (Å²) in [6.07, 6.45) is 0.731. The molecule has 3 rings (SSSR count). The molecule has 1 saturated heterocycles. The number of benzene rings is 2. The van der Waals surface area contributed by atoms with Crippen molar-refractivity contribution < 1.29 is 18.1 Å². The first-order valence-corrected chi connectivity index (χ1v) is 11.8. The molecule has 166 valence electrons. The quantitative estimate of drug-likeness (QED) is 0.501. The zero-order valence-electron chi connectivity index (χ0n) is 17.2. The number of nitrogens with one attached hydrogen (secondary N) is 1. The number of rotatable bonds is 6. The Kier molecular flexibility index (Phi) is 6.98. The van der Waals surface area contributed by atoms with E-state index in [4.69, 9.17) is 11.6 Å². The second-order valence-electron chi connectivity index (χ2n) is 7.82. The topological polar surface area (TPSA) is 110 Å². The second-order valence-corrected chi connectivity index (χ2v) is 10.2. The van der Waals surface area contributed by atoms with Crippen molar-refractivity contribution in [2.24, 2.45) is 5.92 Å². The van der Waals surface area contributed by atoms with Gasteiger partial charge in [0.2, 0.25) is 15.9 Å². The Hall–Kier alpha value is -2.49.